The molecule has 0 aliphatic heterocycles. The number of hydrogen-bond acceptors (Lipinski definition) is 4. The summed E-state index contributed by atoms with van der Waals surface area (Å²) >= 11 is 9.39. The molecule has 2 aromatic carbocycles. The number of nitrogens with zero attached hydrogens (tertiary/aromatic N) is 2. The number of likely N-dealkylation sites (N-methyl/N-ethyl adjacent to an activating group) is 1. The highest BCUT2D eigenvalue weighted by molar-refractivity contribution is 9.10. The van der Waals surface area contributed by atoms with E-state index in [-0.39, 0.29) is 37.7 Å². The second-order valence-corrected chi connectivity index (χ2v) is 10.6. The van der Waals surface area contributed by atoms with Gasteiger partial charge in [-0.1, -0.05) is 45.7 Å². The fourth-order valence-electron chi connectivity index (χ4n) is 3.21. The molecule has 2 aromatic rings. The average molecular weight is 545 g/mol. The standard InChI is InChI=1S/C22H27BrClN3O4S/c1-16(22(29)25-2)26(15-17-9-11-18(23)12-10-17)21(28)8-5-13-27(32(3,30)31)20-7-4-6-19(24)14-20/h4,6-7,9-12,14,16H,5,8,13,15H2,1-3H3,(H,25,29). The molecule has 0 bridgehead atoms. The van der Waals surface area contributed by atoms with E-state index < -0.39 is 16.1 Å². The maximum atomic E-state index is 13.0. The van der Waals surface area contributed by atoms with Gasteiger partial charge < -0.3 is 10.2 Å². The van der Waals surface area contributed by atoms with E-state index in [4.69, 9.17) is 11.6 Å². The molecule has 174 valence electrons. The molecule has 0 aliphatic carbocycles. The van der Waals surface area contributed by atoms with E-state index in [1.165, 1.54) is 16.3 Å². The molecule has 0 saturated heterocycles. The van der Waals surface area contributed by atoms with Gasteiger partial charge in [0.15, 0.2) is 0 Å². The van der Waals surface area contributed by atoms with Crippen LogP contribution in [0, 0.1) is 0 Å². The van der Waals surface area contributed by atoms with Crippen LogP contribution in [0.25, 0.3) is 0 Å². The summed E-state index contributed by atoms with van der Waals surface area (Å²) in [6, 6.07) is 13.4. The van der Waals surface area contributed by atoms with Gasteiger partial charge in [-0.15, -0.1) is 0 Å². The van der Waals surface area contributed by atoms with Gasteiger partial charge in [0.1, 0.15) is 6.04 Å². The van der Waals surface area contributed by atoms with Crippen LogP contribution in [0.4, 0.5) is 5.69 Å². The first kappa shape index (κ1) is 26.2. The van der Waals surface area contributed by atoms with Gasteiger partial charge >= 0.3 is 0 Å². The summed E-state index contributed by atoms with van der Waals surface area (Å²) in [5.41, 5.74) is 1.33. The monoisotopic (exact) mass is 543 g/mol. The van der Waals surface area contributed by atoms with E-state index in [0.29, 0.717) is 10.7 Å². The fraction of sp³-hybridized carbons (Fsp3) is 0.364. The molecule has 32 heavy (non-hydrogen) atoms. The van der Waals surface area contributed by atoms with E-state index in [1.54, 1.807) is 31.2 Å². The van der Waals surface area contributed by atoms with Crippen molar-refractivity contribution in [2.24, 2.45) is 0 Å². The van der Waals surface area contributed by atoms with Gasteiger partial charge in [-0.3, -0.25) is 13.9 Å². The number of sulfonamides is 1. The van der Waals surface area contributed by atoms with Gasteiger partial charge in [-0.25, -0.2) is 8.42 Å². The van der Waals surface area contributed by atoms with Crippen LogP contribution in [0.1, 0.15) is 25.3 Å². The van der Waals surface area contributed by atoms with Crippen LogP contribution >= 0.6 is 27.5 Å². The third-order valence-electron chi connectivity index (χ3n) is 4.93. The van der Waals surface area contributed by atoms with Gasteiger partial charge in [-0.2, -0.15) is 0 Å². The van der Waals surface area contributed by atoms with Gasteiger partial charge in [0.05, 0.1) is 11.9 Å². The van der Waals surface area contributed by atoms with Crippen molar-refractivity contribution in [2.45, 2.75) is 32.4 Å². The number of carbonyl (C=O) groups excluding carboxylic acids is 2. The van der Waals surface area contributed by atoms with E-state index in [2.05, 4.69) is 21.2 Å². The highest BCUT2D eigenvalue weighted by atomic mass is 79.9. The molecule has 1 N–H and O–H groups in total. The molecule has 0 fully saturated rings. The van der Waals surface area contributed by atoms with Crippen molar-refractivity contribution in [3.63, 3.8) is 0 Å². The number of nitrogens with one attached hydrogen (secondary N) is 1. The minimum Gasteiger partial charge on any atom is -0.357 e. The third kappa shape index (κ3) is 7.50. The first-order valence-electron chi connectivity index (χ1n) is 10.0. The zero-order chi connectivity index (χ0) is 23.9. The Kier molecular flexibility index (Phi) is 9.54. The number of amides is 2. The van der Waals surface area contributed by atoms with Crippen molar-refractivity contribution >= 4 is 55.1 Å². The number of rotatable bonds is 10. The van der Waals surface area contributed by atoms with Gasteiger partial charge in [0.2, 0.25) is 21.8 Å². The SMILES string of the molecule is CNC(=O)C(C)N(Cc1ccc(Br)cc1)C(=O)CCCN(c1cccc(Cl)c1)S(C)(=O)=O. The second kappa shape index (κ2) is 11.7. The summed E-state index contributed by atoms with van der Waals surface area (Å²) < 4.78 is 26.7. The Labute approximate surface area is 202 Å². The molecule has 0 spiro atoms. The summed E-state index contributed by atoms with van der Waals surface area (Å²) in [5, 5.41) is 3.00. The minimum absolute atomic E-state index is 0.0877. The lowest BCUT2D eigenvalue weighted by atomic mass is 10.1. The zero-order valence-corrected chi connectivity index (χ0v) is 21.4. The lowest BCUT2D eigenvalue weighted by Crippen LogP contribution is -2.46. The van der Waals surface area contributed by atoms with Crippen LogP contribution in [0.15, 0.2) is 53.0 Å². The molecular formula is C22H27BrClN3O4S. The molecule has 1 unspecified atom stereocenters. The van der Waals surface area contributed by atoms with E-state index in [9.17, 15) is 18.0 Å². The van der Waals surface area contributed by atoms with Crippen molar-refractivity contribution in [3.8, 4) is 0 Å². The molecule has 0 heterocycles. The number of carbonyl (C=O) groups is 2. The van der Waals surface area contributed by atoms with Crippen LogP contribution in [-0.2, 0) is 26.2 Å². The topological polar surface area (TPSA) is 86.8 Å². The summed E-state index contributed by atoms with van der Waals surface area (Å²) in [5.74, 6) is -0.504. The maximum Gasteiger partial charge on any atom is 0.242 e. The highest BCUT2D eigenvalue weighted by Gasteiger charge is 2.26. The normalized spacial score (nSPS) is 12.2. The Morgan fingerprint density at radius 3 is 2.38 bits per heavy atom. The van der Waals surface area contributed by atoms with Crippen LogP contribution in [0.5, 0.6) is 0 Å². The van der Waals surface area contributed by atoms with Crippen LogP contribution < -0.4 is 9.62 Å². The molecule has 0 radical (unpaired) electrons. The quantitative estimate of drug-likeness (QED) is 0.493. The Bertz CT molecular complexity index is 1050. The van der Waals surface area contributed by atoms with Crippen LogP contribution in [-0.4, -0.2) is 51.0 Å². The van der Waals surface area contributed by atoms with Crippen molar-refractivity contribution in [1.29, 1.82) is 0 Å². The van der Waals surface area contributed by atoms with E-state index in [1.807, 2.05) is 24.3 Å². The molecule has 0 aromatic heterocycles. The van der Waals surface area contributed by atoms with Gasteiger partial charge in [-0.05, 0) is 49.2 Å². The summed E-state index contributed by atoms with van der Waals surface area (Å²) in [6.45, 7) is 2.06. The van der Waals surface area contributed by atoms with Crippen molar-refractivity contribution in [3.05, 3.63) is 63.6 Å². The Morgan fingerprint density at radius 2 is 1.81 bits per heavy atom. The Morgan fingerprint density at radius 1 is 1.16 bits per heavy atom. The molecule has 2 rings (SSSR count). The van der Waals surface area contributed by atoms with Crippen LogP contribution in [0.2, 0.25) is 5.02 Å². The average Bonchev–Trinajstić information content (AvgIpc) is 2.74. The molecular weight excluding hydrogens is 518 g/mol. The predicted molar refractivity (Wildman–Crippen MR) is 131 cm³/mol. The second-order valence-electron chi connectivity index (χ2n) is 7.36. The molecule has 0 aliphatic rings. The lowest BCUT2D eigenvalue weighted by Gasteiger charge is -2.29. The summed E-state index contributed by atoms with van der Waals surface area (Å²) in [7, 11) is -2.03. The van der Waals surface area contributed by atoms with E-state index >= 15 is 0 Å². The third-order valence-corrected chi connectivity index (χ3v) is 6.89. The highest BCUT2D eigenvalue weighted by Crippen LogP contribution is 2.23. The Hall–Kier alpha value is -2.10. The Balaban J connectivity index is 2.13. The molecule has 10 heteroatoms. The summed E-state index contributed by atoms with van der Waals surface area (Å²) in [6.07, 6.45) is 1.49. The smallest absolute Gasteiger partial charge is 0.242 e. The van der Waals surface area contributed by atoms with Gasteiger partial charge in [0, 0.05) is 36.1 Å². The van der Waals surface area contributed by atoms with Gasteiger partial charge in [0.25, 0.3) is 0 Å². The van der Waals surface area contributed by atoms with Crippen molar-refractivity contribution in [2.75, 3.05) is 24.2 Å². The molecule has 1 atom stereocenters. The molecule has 0 saturated carbocycles. The fourth-order valence-corrected chi connectivity index (χ4v) is 4.62. The van der Waals surface area contributed by atoms with Crippen LogP contribution in [0.3, 0.4) is 0 Å². The van der Waals surface area contributed by atoms with Crippen molar-refractivity contribution in [1.82, 2.24) is 10.2 Å². The first-order chi connectivity index (χ1) is 15.0. The number of hydrogen-bond donors (Lipinski definition) is 1. The molecule has 7 nitrogen and oxygen atoms in total. The minimum atomic E-state index is -3.56. The largest absolute Gasteiger partial charge is 0.357 e. The zero-order valence-electron chi connectivity index (χ0n) is 18.2. The number of benzene rings is 2. The lowest BCUT2D eigenvalue weighted by molar-refractivity contribution is -0.140. The number of anilines is 1. The van der Waals surface area contributed by atoms with Crippen molar-refractivity contribution < 1.29 is 18.0 Å². The first-order valence-corrected chi connectivity index (χ1v) is 13.0. The van der Waals surface area contributed by atoms with E-state index in [0.717, 1.165) is 16.3 Å². The summed E-state index contributed by atoms with van der Waals surface area (Å²) in [4.78, 5) is 26.8. The number of halogens is 2. The predicted octanol–water partition coefficient (Wildman–Crippen LogP) is 3.81. The maximum absolute atomic E-state index is 13.0. The molecule has 2 amide bonds.